The number of esters is 1. The number of carbonyl (C=O) groups is 2. The van der Waals surface area contributed by atoms with Gasteiger partial charge in [0.1, 0.15) is 16.8 Å². The molecule has 0 aliphatic heterocycles. The number of ether oxygens (including phenoxy) is 1. The van der Waals surface area contributed by atoms with Gasteiger partial charge in [0.05, 0.1) is 11.8 Å². The number of nitrogens with one attached hydrogen (secondary N) is 1. The van der Waals surface area contributed by atoms with E-state index in [9.17, 15) is 14.9 Å². The first kappa shape index (κ1) is 20.9. The molecule has 29 heavy (non-hydrogen) atoms. The number of furan rings is 1. The molecule has 3 rings (SSSR count). The Kier molecular flexibility index (Phi) is 6.23. The van der Waals surface area contributed by atoms with Crippen molar-refractivity contribution in [2.24, 2.45) is 11.3 Å². The van der Waals surface area contributed by atoms with Gasteiger partial charge in [-0.15, -0.1) is 11.3 Å². The summed E-state index contributed by atoms with van der Waals surface area (Å²) >= 11 is 1.46. The quantitative estimate of drug-likeness (QED) is 0.574. The summed E-state index contributed by atoms with van der Waals surface area (Å²) in [7, 11) is 0. The Bertz CT molecular complexity index is 958. The summed E-state index contributed by atoms with van der Waals surface area (Å²) in [6.07, 6.45) is 6.96. The SMILES string of the molecule is CC(C)(C)[C@@H]1CCc2c(sc(NC(=O)COC(=O)/C=C/c3ccco3)c2C#N)C1. The molecule has 2 aromatic heterocycles. The molecule has 0 radical (unpaired) electrons. The van der Waals surface area contributed by atoms with Crippen molar-refractivity contribution in [2.75, 3.05) is 11.9 Å². The summed E-state index contributed by atoms with van der Waals surface area (Å²) in [5.41, 5.74) is 1.79. The maximum atomic E-state index is 12.2. The highest BCUT2D eigenvalue weighted by Gasteiger charge is 2.32. The third-order valence-electron chi connectivity index (χ3n) is 5.13. The molecule has 0 aromatic carbocycles. The third-order valence-corrected chi connectivity index (χ3v) is 6.30. The van der Waals surface area contributed by atoms with Crippen LogP contribution in [0.25, 0.3) is 6.08 Å². The van der Waals surface area contributed by atoms with E-state index in [1.807, 2.05) is 0 Å². The molecule has 1 aliphatic rings. The maximum absolute atomic E-state index is 12.2. The minimum Gasteiger partial charge on any atom is -0.465 e. The zero-order chi connectivity index (χ0) is 21.0. The lowest BCUT2D eigenvalue weighted by atomic mass is 9.72. The normalized spacial score (nSPS) is 16.3. The number of hydrogen-bond donors (Lipinski definition) is 1. The van der Waals surface area contributed by atoms with E-state index in [4.69, 9.17) is 9.15 Å². The molecule has 152 valence electrons. The van der Waals surface area contributed by atoms with Gasteiger partial charge in [-0.25, -0.2) is 4.79 Å². The zero-order valence-electron chi connectivity index (χ0n) is 16.8. The van der Waals surface area contributed by atoms with Gasteiger partial charge in [-0.1, -0.05) is 20.8 Å². The number of nitriles is 1. The lowest BCUT2D eigenvalue weighted by Crippen LogP contribution is -2.26. The first-order valence-corrected chi connectivity index (χ1v) is 10.3. The smallest absolute Gasteiger partial charge is 0.331 e. The lowest BCUT2D eigenvalue weighted by molar-refractivity contribution is -0.142. The fourth-order valence-electron chi connectivity index (χ4n) is 3.42. The third kappa shape index (κ3) is 5.15. The minimum atomic E-state index is -0.643. The van der Waals surface area contributed by atoms with Crippen LogP contribution in [0.5, 0.6) is 0 Å². The van der Waals surface area contributed by atoms with Gasteiger partial charge in [0.15, 0.2) is 6.61 Å². The molecule has 0 saturated heterocycles. The zero-order valence-corrected chi connectivity index (χ0v) is 17.6. The molecular weight excluding hydrogens is 388 g/mol. The number of thiophene rings is 1. The molecule has 0 saturated carbocycles. The second-order valence-electron chi connectivity index (χ2n) is 8.13. The molecule has 7 heteroatoms. The highest BCUT2D eigenvalue weighted by molar-refractivity contribution is 7.16. The molecule has 1 atom stereocenters. The molecule has 1 amide bonds. The van der Waals surface area contributed by atoms with Gasteiger partial charge in [-0.3, -0.25) is 4.79 Å². The van der Waals surface area contributed by atoms with Crippen LogP contribution in [0.3, 0.4) is 0 Å². The number of anilines is 1. The minimum absolute atomic E-state index is 0.204. The topological polar surface area (TPSA) is 92.3 Å². The molecule has 2 heterocycles. The van der Waals surface area contributed by atoms with E-state index in [0.717, 1.165) is 24.8 Å². The second-order valence-corrected chi connectivity index (χ2v) is 9.24. The number of fused-ring (bicyclic) bond motifs is 1. The van der Waals surface area contributed by atoms with Crippen LogP contribution in [-0.4, -0.2) is 18.5 Å². The number of nitrogens with zero attached hydrogens (tertiary/aromatic N) is 1. The highest BCUT2D eigenvalue weighted by Crippen LogP contribution is 2.43. The molecular formula is C22H24N2O4S. The Labute approximate surface area is 174 Å². The van der Waals surface area contributed by atoms with Crippen molar-refractivity contribution in [3.8, 4) is 6.07 Å². The Morgan fingerprint density at radius 2 is 2.24 bits per heavy atom. The summed E-state index contributed by atoms with van der Waals surface area (Å²) in [4.78, 5) is 25.1. The van der Waals surface area contributed by atoms with Crippen LogP contribution in [0.4, 0.5) is 5.00 Å². The van der Waals surface area contributed by atoms with Crippen molar-refractivity contribution >= 4 is 34.3 Å². The monoisotopic (exact) mass is 412 g/mol. The summed E-state index contributed by atoms with van der Waals surface area (Å²) in [5, 5.41) is 12.9. The van der Waals surface area contributed by atoms with Gasteiger partial charge in [-0.05, 0) is 54.4 Å². The van der Waals surface area contributed by atoms with E-state index in [-0.39, 0.29) is 5.41 Å². The average Bonchev–Trinajstić information content (AvgIpc) is 3.30. The molecule has 0 fully saturated rings. The van der Waals surface area contributed by atoms with Crippen molar-refractivity contribution in [1.29, 1.82) is 5.26 Å². The van der Waals surface area contributed by atoms with Gasteiger partial charge in [0.2, 0.25) is 0 Å². The van der Waals surface area contributed by atoms with Crippen molar-refractivity contribution in [3.05, 3.63) is 46.2 Å². The number of carbonyl (C=O) groups excluding carboxylic acids is 2. The Balaban J connectivity index is 1.60. The van der Waals surface area contributed by atoms with Gasteiger partial charge in [0, 0.05) is 11.0 Å². The molecule has 0 bridgehead atoms. The average molecular weight is 413 g/mol. The standard InChI is InChI=1S/C22H24N2O4S/c1-22(2,3)14-6-8-16-17(12-23)21(29-18(16)11-14)24-19(25)13-28-20(26)9-7-15-5-4-10-27-15/h4-5,7,9-10,14H,6,8,11,13H2,1-3H3,(H,24,25)/b9-7+/t14-/m1/s1. The molecule has 2 aromatic rings. The predicted molar refractivity (Wildman–Crippen MR) is 111 cm³/mol. The van der Waals surface area contributed by atoms with Crippen LogP contribution in [-0.2, 0) is 27.2 Å². The summed E-state index contributed by atoms with van der Waals surface area (Å²) in [6.45, 7) is 6.29. The Morgan fingerprint density at radius 1 is 1.45 bits per heavy atom. The number of rotatable bonds is 5. The van der Waals surface area contributed by atoms with Crippen LogP contribution in [0, 0.1) is 22.7 Å². The van der Waals surface area contributed by atoms with Crippen LogP contribution in [0.15, 0.2) is 28.9 Å². The summed E-state index contributed by atoms with van der Waals surface area (Å²) in [6, 6.07) is 5.63. The van der Waals surface area contributed by atoms with Crippen LogP contribution < -0.4 is 5.32 Å². The second kappa shape index (κ2) is 8.66. The largest absolute Gasteiger partial charge is 0.465 e. The molecule has 6 nitrogen and oxygen atoms in total. The van der Waals surface area contributed by atoms with E-state index in [2.05, 4.69) is 32.2 Å². The van der Waals surface area contributed by atoms with E-state index >= 15 is 0 Å². The van der Waals surface area contributed by atoms with E-state index < -0.39 is 18.5 Å². The Morgan fingerprint density at radius 3 is 2.90 bits per heavy atom. The summed E-state index contributed by atoms with van der Waals surface area (Å²) in [5.74, 6) is -0.0452. The van der Waals surface area contributed by atoms with E-state index in [1.54, 1.807) is 12.1 Å². The van der Waals surface area contributed by atoms with E-state index in [0.29, 0.717) is 22.2 Å². The first-order chi connectivity index (χ1) is 13.8. The number of amides is 1. The van der Waals surface area contributed by atoms with Gasteiger partial charge < -0.3 is 14.5 Å². The van der Waals surface area contributed by atoms with Crippen molar-refractivity contribution in [3.63, 3.8) is 0 Å². The van der Waals surface area contributed by atoms with Crippen LogP contribution in [0.1, 0.15) is 49.0 Å². The maximum Gasteiger partial charge on any atom is 0.331 e. The van der Waals surface area contributed by atoms with Crippen molar-refractivity contribution in [2.45, 2.75) is 40.0 Å². The van der Waals surface area contributed by atoms with Crippen LogP contribution >= 0.6 is 11.3 Å². The molecule has 1 aliphatic carbocycles. The molecule has 1 N–H and O–H groups in total. The fourth-order valence-corrected chi connectivity index (χ4v) is 4.71. The summed E-state index contributed by atoms with van der Waals surface area (Å²) < 4.78 is 10.0. The first-order valence-electron chi connectivity index (χ1n) is 9.50. The number of hydrogen-bond acceptors (Lipinski definition) is 6. The predicted octanol–water partition coefficient (Wildman–Crippen LogP) is 4.56. The van der Waals surface area contributed by atoms with E-state index in [1.165, 1.54) is 34.6 Å². The van der Waals surface area contributed by atoms with Crippen molar-refractivity contribution in [1.82, 2.24) is 0 Å². The van der Waals surface area contributed by atoms with Gasteiger partial charge in [-0.2, -0.15) is 5.26 Å². The fraction of sp³-hybridized carbons (Fsp3) is 0.409. The molecule has 0 spiro atoms. The van der Waals surface area contributed by atoms with Crippen molar-refractivity contribution < 1.29 is 18.7 Å². The highest BCUT2D eigenvalue weighted by atomic mass is 32.1. The lowest BCUT2D eigenvalue weighted by Gasteiger charge is -2.33. The molecule has 0 unspecified atom stereocenters. The Hall–Kier alpha value is -2.85. The van der Waals surface area contributed by atoms with Gasteiger partial charge >= 0.3 is 5.97 Å². The van der Waals surface area contributed by atoms with Crippen LogP contribution in [0.2, 0.25) is 0 Å². The van der Waals surface area contributed by atoms with Gasteiger partial charge in [0.25, 0.3) is 5.91 Å².